The molecular formula is C13H15ClFN3. The van der Waals surface area contributed by atoms with Gasteiger partial charge >= 0.3 is 0 Å². The number of halogens is 2. The van der Waals surface area contributed by atoms with E-state index in [0.717, 1.165) is 24.2 Å². The van der Waals surface area contributed by atoms with E-state index in [-0.39, 0.29) is 5.82 Å². The summed E-state index contributed by atoms with van der Waals surface area (Å²) in [6.07, 6.45) is 3.78. The Kier molecular flexibility index (Phi) is 4.33. The molecule has 0 aliphatic carbocycles. The molecule has 0 fully saturated rings. The molecule has 1 heterocycles. The number of nitrogens with one attached hydrogen (secondary N) is 1. The molecule has 0 unspecified atom stereocenters. The quantitative estimate of drug-likeness (QED) is 0.903. The number of benzene rings is 1. The van der Waals surface area contributed by atoms with Crippen LogP contribution >= 0.6 is 11.6 Å². The van der Waals surface area contributed by atoms with Crippen LogP contribution in [0.1, 0.15) is 18.1 Å². The molecule has 0 bridgehead atoms. The van der Waals surface area contributed by atoms with Crippen LogP contribution in [0.4, 0.5) is 4.39 Å². The van der Waals surface area contributed by atoms with Crippen LogP contribution in [0.15, 0.2) is 30.6 Å². The number of aromatic nitrogens is 2. The van der Waals surface area contributed by atoms with E-state index in [2.05, 4.69) is 17.3 Å². The van der Waals surface area contributed by atoms with Gasteiger partial charge in [-0.15, -0.1) is 0 Å². The summed E-state index contributed by atoms with van der Waals surface area (Å²) in [5, 5.41) is 7.91. The molecule has 1 aromatic heterocycles. The van der Waals surface area contributed by atoms with Crippen LogP contribution in [0, 0.1) is 5.82 Å². The van der Waals surface area contributed by atoms with Gasteiger partial charge in [-0.25, -0.2) is 4.39 Å². The van der Waals surface area contributed by atoms with Gasteiger partial charge in [-0.1, -0.05) is 24.6 Å². The normalized spacial score (nSPS) is 10.8. The van der Waals surface area contributed by atoms with Crippen molar-refractivity contribution >= 4 is 11.6 Å². The van der Waals surface area contributed by atoms with Crippen molar-refractivity contribution in [3.05, 3.63) is 52.6 Å². The topological polar surface area (TPSA) is 29.9 Å². The summed E-state index contributed by atoms with van der Waals surface area (Å²) in [6.45, 7) is 4.33. The second-order valence-corrected chi connectivity index (χ2v) is 4.47. The zero-order chi connectivity index (χ0) is 13.0. The molecule has 0 spiro atoms. The van der Waals surface area contributed by atoms with Crippen molar-refractivity contribution in [2.45, 2.75) is 20.0 Å². The first-order chi connectivity index (χ1) is 8.69. The van der Waals surface area contributed by atoms with Crippen molar-refractivity contribution < 1.29 is 4.39 Å². The van der Waals surface area contributed by atoms with Crippen molar-refractivity contribution in [3.8, 4) is 0 Å². The van der Waals surface area contributed by atoms with Crippen LogP contribution in [0.3, 0.4) is 0 Å². The maximum Gasteiger partial charge on any atom is 0.124 e. The van der Waals surface area contributed by atoms with E-state index < -0.39 is 0 Å². The Hall–Kier alpha value is -1.39. The summed E-state index contributed by atoms with van der Waals surface area (Å²) in [4.78, 5) is 0. The third-order valence-electron chi connectivity index (χ3n) is 2.61. The van der Waals surface area contributed by atoms with E-state index in [1.807, 2.05) is 12.4 Å². The summed E-state index contributed by atoms with van der Waals surface area (Å²) in [6, 6.07) is 4.41. The molecular weight excluding hydrogens is 253 g/mol. The third-order valence-corrected chi connectivity index (χ3v) is 2.97. The standard InChI is InChI=1S/C13H15ClFN3/c1-2-16-6-10-7-17-18(8-10)9-11-3-4-12(15)5-13(11)14/h3-5,7-8,16H,2,6,9H2,1H3. The van der Waals surface area contributed by atoms with Crippen LogP contribution in [-0.4, -0.2) is 16.3 Å². The highest BCUT2D eigenvalue weighted by Crippen LogP contribution is 2.18. The van der Waals surface area contributed by atoms with E-state index in [9.17, 15) is 4.39 Å². The van der Waals surface area contributed by atoms with Crippen molar-refractivity contribution in [3.63, 3.8) is 0 Å². The fourth-order valence-corrected chi connectivity index (χ4v) is 1.90. The maximum absolute atomic E-state index is 12.9. The SMILES string of the molecule is CCNCc1cnn(Cc2ccc(F)cc2Cl)c1. The van der Waals surface area contributed by atoms with Crippen LogP contribution in [0.5, 0.6) is 0 Å². The molecule has 3 nitrogen and oxygen atoms in total. The van der Waals surface area contributed by atoms with Crippen LogP contribution in [-0.2, 0) is 13.1 Å². The Morgan fingerprint density at radius 2 is 2.28 bits per heavy atom. The summed E-state index contributed by atoms with van der Waals surface area (Å²) >= 11 is 5.98. The van der Waals surface area contributed by atoms with Crippen LogP contribution in [0.2, 0.25) is 5.02 Å². The number of rotatable bonds is 5. The van der Waals surface area contributed by atoms with E-state index >= 15 is 0 Å². The van der Waals surface area contributed by atoms with E-state index in [1.165, 1.54) is 12.1 Å². The minimum absolute atomic E-state index is 0.322. The second kappa shape index (κ2) is 5.98. The Bertz CT molecular complexity index is 525. The molecule has 18 heavy (non-hydrogen) atoms. The summed E-state index contributed by atoms with van der Waals surface area (Å²) in [5.74, 6) is -0.322. The maximum atomic E-state index is 12.9. The van der Waals surface area contributed by atoms with E-state index in [4.69, 9.17) is 11.6 Å². The monoisotopic (exact) mass is 267 g/mol. The molecule has 1 aromatic carbocycles. The minimum atomic E-state index is -0.322. The van der Waals surface area contributed by atoms with E-state index in [0.29, 0.717) is 11.6 Å². The molecule has 96 valence electrons. The smallest absolute Gasteiger partial charge is 0.124 e. The molecule has 1 N–H and O–H groups in total. The average Bonchev–Trinajstić information content (AvgIpc) is 2.78. The third kappa shape index (κ3) is 3.31. The first kappa shape index (κ1) is 13.1. The van der Waals surface area contributed by atoms with Gasteiger partial charge in [-0.3, -0.25) is 4.68 Å². The Morgan fingerprint density at radius 1 is 1.44 bits per heavy atom. The van der Waals surface area contributed by atoms with Gasteiger partial charge in [0.15, 0.2) is 0 Å². The summed E-state index contributed by atoms with van der Waals surface area (Å²) in [5.41, 5.74) is 1.98. The second-order valence-electron chi connectivity index (χ2n) is 4.06. The molecule has 0 aliphatic heterocycles. The summed E-state index contributed by atoms with van der Waals surface area (Å²) in [7, 11) is 0. The molecule has 0 saturated heterocycles. The van der Waals surface area contributed by atoms with Gasteiger partial charge in [-0.05, 0) is 24.2 Å². The zero-order valence-corrected chi connectivity index (χ0v) is 10.9. The van der Waals surface area contributed by atoms with Crippen LogP contribution in [0.25, 0.3) is 0 Å². The lowest BCUT2D eigenvalue weighted by atomic mass is 10.2. The Labute approximate surface area is 111 Å². The van der Waals surface area contributed by atoms with Gasteiger partial charge in [0, 0.05) is 23.3 Å². The predicted octanol–water partition coefficient (Wildman–Crippen LogP) is 2.83. The van der Waals surface area contributed by atoms with Crippen molar-refractivity contribution in [1.82, 2.24) is 15.1 Å². The van der Waals surface area contributed by atoms with E-state index in [1.54, 1.807) is 10.7 Å². The molecule has 2 rings (SSSR count). The van der Waals surface area contributed by atoms with Gasteiger partial charge in [0.1, 0.15) is 5.82 Å². The molecule has 0 saturated carbocycles. The molecule has 0 atom stereocenters. The van der Waals surface area contributed by atoms with Gasteiger partial charge in [0.2, 0.25) is 0 Å². The highest BCUT2D eigenvalue weighted by Gasteiger charge is 2.04. The lowest BCUT2D eigenvalue weighted by Gasteiger charge is -2.04. The van der Waals surface area contributed by atoms with Gasteiger partial charge in [0.05, 0.1) is 12.7 Å². The first-order valence-electron chi connectivity index (χ1n) is 5.85. The fourth-order valence-electron chi connectivity index (χ4n) is 1.68. The highest BCUT2D eigenvalue weighted by atomic mass is 35.5. The Morgan fingerprint density at radius 3 is 3.00 bits per heavy atom. The number of hydrogen-bond acceptors (Lipinski definition) is 2. The highest BCUT2D eigenvalue weighted by molar-refractivity contribution is 6.31. The fraction of sp³-hybridized carbons (Fsp3) is 0.308. The van der Waals surface area contributed by atoms with Crippen molar-refractivity contribution in [2.75, 3.05) is 6.54 Å². The molecule has 2 aromatic rings. The molecule has 0 aliphatic rings. The van der Waals surface area contributed by atoms with Gasteiger partial charge in [-0.2, -0.15) is 5.10 Å². The lowest BCUT2D eigenvalue weighted by molar-refractivity contribution is 0.624. The largest absolute Gasteiger partial charge is 0.313 e. The molecule has 5 heteroatoms. The Balaban J connectivity index is 2.06. The summed E-state index contributed by atoms with van der Waals surface area (Å²) < 4.78 is 14.7. The van der Waals surface area contributed by atoms with Crippen molar-refractivity contribution in [1.29, 1.82) is 0 Å². The van der Waals surface area contributed by atoms with Crippen molar-refractivity contribution in [2.24, 2.45) is 0 Å². The zero-order valence-electron chi connectivity index (χ0n) is 10.2. The first-order valence-corrected chi connectivity index (χ1v) is 6.23. The lowest BCUT2D eigenvalue weighted by Crippen LogP contribution is -2.11. The number of nitrogens with zero attached hydrogens (tertiary/aromatic N) is 2. The van der Waals surface area contributed by atoms with Gasteiger partial charge in [0.25, 0.3) is 0 Å². The molecule has 0 amide bonds. The van der Waals surface area contributed by atoms with Crippen LogP contribution < -0.4 is 5.32 Å². The number of hydrogen-bond donors (Lipinski definition) is 1. The predicted molar refractivity (Wildman–Crippen MR) is 70.1 cm³/mol. The average molecular weight is 268 g/mol. The van der Waals surface area contributed by atoms with Gasteiger partial charge < -0.3 is 5.32 Å². The molecule has 0 radical (unpaired) electrons. The minimum Gasteiger partial charge on any atom is -0.313 e.